The molecule has 0 spiro atoms. The molecule has 0 radical (unpaired) electrons. The molecule has 1 unspecified atom stereocenters. The van der Waals surface area contributed by atoms with Gasteiger partial charge in [0, 0.05) is 12.6 Å². The van der Waals surface area contributed by atoms with E-state index in [0.29, 0.717) is 18.5 Å². The summed E-state index contributed by atoms with van der Waals surface area (Å²) in [5.41, 5.74) is 0. The summed E-state index contributed by atoms with van der Waals surface area (Å²) in [6, 6.07) is 0.574. The van der Waals surface area contributed by atoms with Crippen molar-refractivity contribution in [2.45, 2.75) is 51.2 Å². The van der Waals surface area contributed by atoms with Gasteiger partial charge in [-0.2, -0.15) is 0 Å². The summed E-state index contributed by atoms with van der Waals surface area (Å²) < 4.78 is 5.44. The molecule has 1 atom stereocenters. The van der Waals surface area contributed by atoms with Crippen molar-refractivity contribution in [3.63, 3.8) is 0 Å². The van der Waals surface area contributed by atoms with Crippen molar-refractivity contribution in [2.75, 3.05) is 6.54 Å². The van der Waals surface area contributed by atoms with E-state index in [1.165, 1.54) is 12.8 Å². The number of aryl methyl sites for hydroxylation is 1. The van der Waals surface area contributed by atoms with Crippen LogP contribution in [0.3, 0.4) is 0 Å². The van der Waals surface area contributed by atoms with Gasteiger partial charge >= 0.3 is 0 Å². The van der Waals surface area contributed by atoms with E-state index >= 15 is 0 Å². The van der Waals surface area contributed by atoms with E-state index in [2.05, 4.69) is 10.3 Å². The van der Waals surface area contributed by atoms with Gasteiger partial charge in [-0.3, -0.25) is 4.79 Å². The zero-order valence-electron chi connectivity index (χ0n) is 10.7. The number of hydrogen-bond donors (Lipinski definition) is 1. The summed E-state index contributed by atoms with van der Waals surface area (Å²) in [4.78, 5) is 18.3. The SMILES string of the molecule is Cc1cnc(CN2CCCC(NC3CC3)C2=O)o1. The molecule has 2 fully saturated rings. The quantitative estimate of drug-likeness (QED) is 0.872. The third kappa shape index (κ3) is 2.56. The number of carbonyl (C=O) groups excluding carboxylic acids is 1. The standard InChI is InChI=1S/C13H19N3O2/c1-9-7-14-12(18-9)8-16-6-2-3-11(13(16)17)15-10-4-5-10/h7,10-11,15H,2-6,8H2,1H3. The van der Waals surface area contributed by atoms with Crippen LogP contribution in [-0.2, 0) is 11.3 Å². The van der Waals surface area contributed by atoms with Crippen molar-refractivity contribution < 1.29 is 9.21 Å². The number of piperidine rings is 1. The maximum absolute atomic E-state index is 12.3. The van der Waals surface area contributed by atoms with Crippen molar-refractivity contribution in [3.8, 4) is 0 Å². The highest BCUT2D eigenvalue weighted by molar-refractivity contribution is 5.82. The minimum Gasteiger partial charge on any atom is -0.444 e. The molecule has 3 rings (SSSR count). The van der Waals surface area contributed by atoms with Crippen LogP contribution < -0.4 is 5.32 Å². The Balaban J connectivity index is 1.62. The summed E-state index contributed by atoms with van der Waals surface area (Å²) in [7, 11) is 0. The van der Waals surface area contributed by atoms with Gasteiger partial charge in [-0.1, -0.05) is 0 Å². The van der Waals surface area contributed by atoms with Crippen molar-refractivity contribution >= 4 is 5.91 Å². The molecule has 1 saturated heterocycles. The topological polar surface area (TPSA) is 58.4 Å². The fraction of sp³-hybridized carbons (Fsp3) is 0.692. The molecule has 1 aliphatic heterocycles. The molecule has 1 aromatic heterocycles. The van der Waals surface area contributed by atoms with Gasteiger partial charge < -0.3 is 14.6 Å². The Morgan fingerprint density at radius 1 is 1.50 bits per heavy atom. The Morgan fingerprint density at radius 3 is 3.00 bits per heavy atom. The molecule has 5 nitrogen and oxygen atoms in total. The molecular formula is C13H19N3O2. The second-order valence-corrected chi connectivity index (χ2v) is 5.26. The molecule has 1 saturated carbocycles. The predicted molar refractivity (Wildman–Crippen MR) is 65.8 cm³/mol. The first-order valence-electron chi connectivity index (χ1n) is 6.68. The largest absolute Gasteiger partial charge is 0.444 e. The smallest absolute Gasteiger partial charge is 0.240 e. The van der Waals surface area contributed by atoms with Crippen LogP contribution >= 0.6 is 0 Å². The molecule has 18 heavy (non-hydrogen) atoms. The predicted octanol–water partition coefficient (Wildman–Crippen LogP) is 1.23. The Kier molecular flexibility index (Phi) is 3.07. The fourth-order valence-electron chi connectivity index (χ4n) is 2.42. The minimum absolute atomic E-state index is 0.00214. The second kappa shape index (κ2) is 4.72. The van der Waals surface area contributed by atoms with Gasteiger partial charge in [0.05, 0.1) is 18.8 Å². The summed E-state index contributed by atoms with van der Waals surface area (Å²) in [6.45, 7) is 3.17. The maximum atomic E-state index is 12.3. The zero-order chi connectivity index (χ0) is 12.5. The number of nitrogens with one attached hydrogen (secondary N) is 1. The van der Waals surface area contributed by atoms with Crippen LogP contribution in [0, 0.1) is 6.92 Å². The molecule has 1 N–H and O–H groups in total. The van der Waals surface area contributed by atoms with Crippen LogP contribution in [0.15, 0.2) is 10.6 Å². The van der Waals surface area contributed by atoms with Gasteiger partial charge in [-0.05, 0) is 32.6 Å². The highest BCUT2D eigenvalue weighted by Crippen LogP contribution is 2.23. The lowest BCUT2D eigenvalue weighted by atomic mass is 10.0. The van der Waals surface area contributed by atoms with Gasteiger partial charge in [-0.15, -0.1) is 0 Å². The number of amides is 1. The number of rotatable bonds is 4. The highest BCUT2D eigenvalue weighted by atomic mass is 16.4. The fourth-order valence-corrected chi connectivity index (χ4v) is 2.42. The van der Waals surface area contributed by atoms with Gasteiger partial charge in [0.25, 0.3) is 0 Å². The maximum Gasteiger partial charge on any atom is 0.240 e. The van der Waals surface area contributed by atoms with Crippen LogP contribution in [-0.4, -0.2) is 34.4 Å². The normalized spacial score (nSPS) is 24.6. The number of oxazole rings is 1. The summed E-state index contributed by atoms with van der Waals surface area (Å²) in [5.74, 6) is 1.62. The van der Waals surface area contributed by atoms with Crippen molar-refractivity contribution in [2.24, 2.45) is 0 Å². The van der Waals surface area contributed by atoms with Crippen LogP contribution in [0.5, 0.6) is 0 Å². The molecule has 0 bridgehead atoms. The summed E-state index contributed by atoms with van der Waals surface area (Å²) in [5, 5.41) is 3.42. The number of hydrogen-bond acceptors (Lipinski definition) is 4. The minimum atomic E-state index is 0.00214. The van der Waals surface area contributed by atoms with E-state index in [9.17, 15) is 4.79 Å². The van der Waals surface area contributed by atoms with Gasteiger partial charge in [-0.25, -0.2) is 4.98 Å². The van der Waals surface area contributed by atoms with Crippen molar-refractivity contribution in [3.05, 3.63) is 17.8 Å². The molecule has 1 aromatic rings. The molecule has 5 heteroatoms. The second-order valence-electron chi connectivity index (χ2n) is 5.26. The Hall–Kier alpha value is -1.36. The zero-order valence-corrected chi connectivity index (χ0v) is 10.7. The van der Waals surface area contributed by atoms with E-state index in [1.807, 2.05) is 11.8 Å². The number of aromatic nitrogens is 1. The number of carbonyl (C=O) groups is 1. The molecule has 2 aliphatic rings. The Bertz CT molecular complexity index is 439. The third-order valence-electron chi connectivity index (χ3n) is 3.54. The van der Waals surface area contributed by atoms with E-state index < -0.39 is 0 Å². The Morgan fingerprint density at radius 2 is 2.33 bits per heavy atom. The van der Waals surface area contributed by atoms with E-state index in [4.69, 9.17) is 4.42 Å². The molecule has 1 amide bonds. The average Bonchev–Trinajstić information content (AvgIpc) is 3.07. The van der Waals surface area contributed by atoms with Gasteiger partial charge in [0.15, 0.2) is 0 Å². The lowest BCUT2D eigenvalue weighted by Crippen LogP contribution is -2.50. The van der Waals surface area contributed by atoms with Crippen LogP contribution in [0.25, 0.3) is 0 Å². The van der Waals surface area contributed by atoms with Crippen molar-refractivity contribution in [1.82, 2.24) is 15.2 Å². The van der Waals surface area contributed by atoms with Gasteiger partial charge in [0.1, 0.15) is 5.76 Å². The Labute approximate surface area is 107 Å². The first kappa shape index (κ1) is 11.7. The first-order valence-corrected chi connectivity index (χ1v) is 6.68. The lowest BCUT2D eigenvalue weighted by Gasteiger charge is -2.32. The van der Waals surface area contributed by atoms with E-state index in [1.54, 1.807) is 6.20 Å². The number of nitrogens with zero attached hydrogens (tertiary/aromatic N) is 2. The molecule has 98 valence electrons. The molecule has 1 aliphatic carbocycles. The monoisotopic (exact) mass is 249 g/mol. The number of likely N-dealkylation sites (tertiary alicyclic amines) is 1. The third-order valence-corrected chi connectivity index (χ3v) is 3.54. The molecule has 0 aromatic carbocycles. The average molecular weight is 249 g/mol. The first-order chi connectivity index (χ1) is 8.72. The lowest BCUT2D eigenvalue weighted by molar-refractivity contribution is -0.137. The molecule has 2 heterocycles. The van der Waals surface area contributed by atoms with Crippen LogP contribution in [0.1, 0.15) is 37.3 Å². The van der Waals surface area contributed by atoms with Crippen molar-refractivity contribution in [1.29, 1.82) is 0 Å². The van der Waals surface area contributed by atoms with E-state index in [-0.39, 0.29) is 11.9 Å². The van der Waals surface area contributed by atoms with E-state index in [0.717, 1.165) is 25.1 Å². The van der Waals surface area contributed by atoms with Crippen LogP contribution in [0.2, 0.25) is 0 Å². The van der Waals surface area contributed by atoms with Crippen LogP contribution in [0.4, 0.5) is 0 Å². The highest BCUT2D eigenvalue weighted by Gasteiger charge is 2.33. The summed E-state index contributed by atoms with van der Waals surface area (Å²) >= 11 is 0. The molecular weight excluding hydrogens is 230 g/mol. The van der Waals surface area contributed by atoms with Gasteiger partial charge in [0.2, 0.25) is 11.8 Å². The summed E-state index contributed by atoms with van der Waals surface area (Å²) in [6.07, 6.45) is 6.13.